The second kappa shape index (κ2) is 6.53. The zero-order valence-corrected chi connectivity index (χ0v) is 12.0. The molecule has 0 radical (unpaired) electrons. The van der Waals surface area contributed by atoms with Crippen LogP contribution in [0, 0.1) is 40.5 Å². The standard InChI is InChI=1S/C12H7N5O8/c18-14(19)9-6-8(13-7-4-2-1-3-5-7)10(15(20)21)12(17(24)25)11(9)16(22)23/h1-6,13H. The van der Waals surface area contributed by atoms with E-state index in [1.54, 1.807) is 18.2 Å². The van der Waals surface area contributed by atoms with Crippen molar-refractivity contribution in [2.24, 2.45) is 0 Å². The molecule has 13 nitrogen and oxygen atoms in total. The molecule has 2 aromatic carbocycles. The fourth-order valence-corrected chi connectivity index (χ4v) is 2.08. The Bertz CT molecular complexity index is 898. The summed E-state index contributed by atoms with van der Waals surface area (Å²) in [6.07, 6.45) is 0. The first-order valence-electron chi connectivity index (χ1n) is 6.34. The van der Waals surface area contributed by atoms with Crippen LogP contribution in [0.15, 0.2) is 36.4 Å². The lowest BCUT2D eigenvalue weighted by molar-refractivity contribution is -0.451. The zero-order chi connectivity index (χ0) is 18.7. The molecule has 1 N–H and O–H groups in total. The topological polar surface area (TPSA) is 185 Å². The van der Waals surface area contributed by atoms with Gasteiger partial charge in [0.15, 0.2) is 0 Å². The smallest absolute Gasteiger partial charge is 0.349 e. The van der Waals surface area contributed by atoms with Gasteiger partial charge in [-0.2, -0.15) is 0 Å². The van der Waals surface area contributed by atoms with Crippen molar-refractivity contribution in [1.82, 2.24) is 0 Å². The quantitative estimate of drug-likeness (QED) is 0.604. The molecule has 0 unspecified atom stereocenters. The van der Waals surface area contributed by atoms with E-state index in [1.807, 2.05) is 0 Å². The first kappa shape index (κ1) is 17.2. The van der Waals surface area contributed by atoms with Crippen molar-refractivity contribution in [1.29, 1.82) is 0 Å². The molecule has 25 heavy (non-hydrogen) atoms. The highest BCUT2D eigenvalue weighted by Crippen LogP contribution is 2.48. The van der Waals surface area contributed by atoms with Crippen molar-refractivity contribution in [3.8, 4) is 0 Å². The summed E-state index contributed by atoms with van der Waals surface area (Å²) in [6, 6.07) is 8.13. The van der Waals surface area contributed by atoms with Crippen LogP contribution in [0.5, 0.6) is 0 Å². The van der Waals surface area contributed by atoms with Crippen LogP contribution < -0.4 is 5.32 Å². The van der Waals surface area contributed by atoms with Gasteiger partial charge >= 0.3 is 22.7 Å². The molecule has 0 heterocycles. The second-order valence-electron chi connectivity index (χ2n) is 4.51. The maximum absolute atomic E-state index is 11.3. The number of benzene rings is 2. The van der Waals surface area contributed by atoms with Crippen LogP contribution in [0.4, 0.5) is 34.1 Å². The Hall–Kier alpha value is -4.16. The first-order chi connectivity index (χ1) is 11.7. The lowest BCUT2D eigenvalue weighted by atomic mass is 10.1. The van der Waals surface area contributed by atoms with E-state index in [-0.39, 0.29) is 5.69 Å². The van der Waals surface area contributed by atoms with Crippen LogP contribution >= 0.6 is 0 Å². The third-order valence-electron chi connectivity index (χ3n) is 3.02. The number of nitrogens with one attached hydrogen (secondary N) is 1. The van der Waals surface area contributed by atoms with E-state index in [0.29, 0.717) is 6.07 Å². The summed E-state index contributed by atoms with van der Waals surface area (Å²) in [5.41, 5.74) is -5.97. The Morgan fingerprint density at radius 1 is 0.680 bits per heavy atom. The number of rotatable bonds is 6. The third-order valence-corrected chi connectivity index (χ3v) is 3.02. The van der Waals surface area contributed by atoms with Crippen LogP contribution in [0.1, 0.15) is 0 Å². The highest BCUT2D eigenvalue weighted by atomic mass is 16.7. The van der Waals surface area contributed by atoms with Gasteiger partial charge < -0.3 is 5.32 Å². The van der Waals surface area contributed by atoms with Gasteiger partial charge in [-0.3, -0.25) is 40.5 Å². The largest absolute Gasteiger partial charge is 0.432 e. The highest BCUT2D eigenvalue weighted by Gasteiger charge is 2.46. The van der Waals surface area contributed by atoms with Crippen molar-refractivity contribution in [2.75, 3.05) is 5.32 Å². The van der Waals surface area contributed by atoms with Gasteiger partial charge in [0, 0.05) is 5.69 Å². The summed E-state index contributed by atoms with van der Waals surface area (Å²) < 4.78 is 0. The van der Waals surface area contributed by atoms with Crippen LogP contribution in [-0.4, -0.2) is 19.7 Å². The lowest BCUT2D eigenvalue weighted by Crippen LogP contribution is -2.07. The Morgan fingerprint density at radius 3 is 1.64 bits per heavy atom. The molecule has 13 heteroatoms. The second-order valence-corrected chi connectivity index (χ2v) is 4.51. The normalized spacial score (nSPS) is 10.1. The van der Waals surface area contributed by atoms with Gasteiger partial charge in [-0.1, -0.05) is 18.2 Å². The Labute approximate surface area is 137 Å². The molecular weight excluding hydrogens is 342 g/mol. The minimum absolute atomic E-state index is 0.239. The Kier molecular flexibility index (Phi) is 4.49. The molecule has 0 saturated heterocycles. The molecule has 2 aromatic rings. The molecule has 0 spiro atoms. The van der Waals surface area contributed by atoms with Crippen LogP contribution in [0.3, 0.4) is 0 Å². The van der Waals surface area contributed by atoms with Crippen molar-refractivity contribution in [2.45, 2.75) is 0 Å². The van der Waals surface area contributed by atoms with E-state index in [0.717, 1.165) is 0 Å². The summed E-state index contributed by atoms with van der Waals surface area (Å²) in [5.74, 6) is 0. The first-order valence-corrected chi connectivity index (χ1v) is 6.34. The van der Waals surface area contributed by atoms with Gasteiger partial charge in [-0.25, -0.2) is 0 Å². The molecule has 0 bridgehead atoms. The van der Waals surface area contributed by atoms with E-state index in [1.165, 1.54) is 12.1 Å². The molecule has 0 aromatic heterocycles. The minimum atomic E-state index is -1.57. The number of hydrogen-bond donors (Lipinski definition) is 1. The average molecular weight is 349 g/mol. The molecule has 128 valence electrons. The average Bonchev–Trinajstić information content (AvgIpc) is 2.53. The van der Waals surface area contributed by atoms with Gasteiger partial charge in [0.25, 0.3) is 0 Å². The molecule has 0 aliphatic carbocycles. The fraction of sp³-hybridized carbons (Fsp3) is 0. The molecule has 2 rings (SSSR count). The predicted octanol–water partition coefficient (Wildman–Crippen LogP) is 3.06. The van der Waals surface area contributed by atoms with E-state index in [2.05, 4.69) is 5.32 Å². The molecule has 0 aliphatic rings. The number of nitro benzene ring substituents is 4. The van der Waals surface area contributed by atoms with Gasteiger partial charge in [0.1, 0.15) is 5.69 Å². The minimum Gasteiger partial charge on any atom is -0.349 e. The molecule has 0 atom stereocenters. The van der Waals surface area contributed by atoms with Crippen molar-refractivity contribution in [3.05, 3.63) is 76.9 Å². The van der Waals surface area contributed by atoms with Gasteiger partial charge in [0.2, 0.25) is 0 Å². The van der Waals surface area contributed by atoms with Gasteiger partial charge in [0.05, 0.1) is 25.8 Å². The SMILES string of the molecule is O=[N+]([O-])c1cc(Nc2ccccc2)c([N+](=O)[O-])c([N+](=O)[O-])c1[N+](=O)[O-]. The molecule has 0 saturated carbocycles. The summed E-state index contributed by atoms with van der Waals surface area (Å²) >= 11 is 0. The summed E-state index contributed by atoms with van der Waals surface area (Å²) in [6.45, 7) is 0. The monoisotopic (exact) mass is 349 g/mol. The zero-order valence-electron chi connectivity index (χ0n) is 12.0. The van der Waals surface area contributed by atoms with Gasteiger partial charge in [-0.15, -0.1) is 0 Å². The van der Waals surface area contributed by atoms with Crippen LogP contribution in [-0.2, 0) is 0 Å². The number of nitro groups is 4. The fourth-order valence-electron chi connectivity index (χ4n) is 2.08. The summed E-state index contributed by atoms with van der Waals surface area (Å²) in [7, 11) is 0. The van der Waals surface area contributed by atoms with Crippen LogP contribution in [0.2, 0.25) is 0 Å². The van der Waals surface area contributed by atoms with Crippen LogP contribution in [0.25, 0.3) is 0 Å². The highest BCUT2D eigenvalue weighted by molar-refractivity contribution is 5.87. The van der Waals surface area contributed by atoms with E-state index >= 15 is 0 Å². The van der Waals surface area contributed by atoms with Gasteiger partial charge in [-0.05, 0) is 12.1 Å². The van der Waals surface area contributed by atoms with E-state index in [9.17, 15) is 40.5 Å². The van der Waals surface area contributed by atoms with Crippen molar-refractivity contribution < 1.29 is 19.7 Å². The predicted molar refractivity (Wildman–Crippen MR) is 82.8 cm³/mol. The van der Waals surface area contributed by atoms with E-state index < -0.39 is 48.1 Å². The number of hydrogen-bond acceptors (Lipinski definition) is 9. The number of nitrogens with zero attached hydrogens (tertiary/aromatic N) is 4. The summed E-state index contributed by atoms with van der Waals surface area (Å²) in [5, 5.41) is 47.0. The van der Waals surface area contributed by atoms with Crippen molar-refractivity contribution in [3.63, 3.8) is 0 Å². The number of anilines is 2. The molecule has 0 amide bonds. The maximum Gasteiger partial charge on any atom is 0.432 e. The summed E-state index contributed by atoms with van der Waals surface area (Å²) in [4.78, 5) is 39.3. The molecular formula is C12H7N5O8. The Morgan fingerprint density at radius 2 is 1.20 bits per heavy atom. The third kappa shape index (κ3) is 3.29. The van der Waals surface area contributed by atoms with E-state index in [4.69, 9.17) is 0 Å². The maximum atomic E-state index is 11.3. The molecule has 0 aliphatic heterocycles. The Balaban J connectivity index is 2.87. The lowest BCUT2D eigenvalue weighted by Gasteiger charge is -2.07. The molecule has 0 fully saturated rings. The number of para-hydroxylation sites is 1. The van der Waals surface area contributed by atoms with Crippen molar-refractivity contribution >= 4 is 34.1 Å².